The lowest BCUT2D eigenvalue weighted by Gasteiger charge is -2.29. The van der Waals surface area contributed by atoms with Gasteiger partial charge < -0.3 is 39.9 Å². The van der Waals surface area contributed by atoms with E-state index in [9.17, 15) is 19.2 Å². The predicted octanol–water partition coefficient (Wildman–Crippen LogP) is 7.86. The van der Waals surface area contributed by atoms with Gasteiger partial charge in [-0.1, -0.05) is 122 Å². The highest BCUT2D eigenvalue weighted by Crippen LogP contribution is 2.38. The Morgan fingerprint density at radius 2 is 1.08 bits per heavy atom. The Bertz CT molecular complexity index is 2560. The van der Waals surface area contributed by atoms with E-state index >= 15 is 0 Å². The van der Waals surface area contributed by atoms with Gasteiger partial charge in [0.2, 0.25) is 11.8 Å². The van der Waals surface area contributed by atoms with Crippen molar-refractivity contribution in [2.75, 3.05) is 26.9 Å². The van der Waals surface area contributed by atoms with Crippen molar-refractivity contribution >= 4 is 32.1 Å². The fourth-order valence-corrected chi connectivity index (χ4v) is 11.8. The first-order valence-corrected chi connectivity index (χ1v) is 25.1. The molecule has 2 aliphatic rings. The van der Waals surface area contributed by atoms with Gasteiger partial charge in [-0.05, 0) is 52.3 Å². The third-order valence-corrected chi connectivity index (χ3v) is 14.9. The molecule has 4 atom stereocenters. The molecule has 0 unspecified atom stereocenters. The van der Waals surface area contributed by atoms with Crippen LogP contribution in [0.4, 0.5) is 9.59 Å². The van der Waals surface area contributed by atoms with Crippen LogP contribution in [0.5, 0.6) is 0 Å². The molecule has 64 heavy (non-hydrogen) atoms. The molecule has 2 aromatic heterocycles. The molecule has 2 fully saturated rings. The number of imidazole rings is 2. The van der Waals surface area contributed by atoms with E-state index in [1.54, 1.807) is 6.20 Å². The van der Waals surface area contributed by atoms with Gasteiger partial charge in [0.1, 0.15) is 23.7 Å². The second-order valence-electron chi connectivity index (χ2n) is 17.3. The molecule has 2 aliphatic heterocycles. The standard InChI is InChI=1S/C49H54N8O6Si/c1-62-48(60)54-38(26-32-12-7-5-8-13-32)46(58)56-25-11-16-42(56)44-50-28-40(52-44)36-21-17-34(18-22-36)35-19-23-37(24-20-35)41-29-51-45(53-41)43-30-64(3,4)31-57(43)47(59)39(55-49(61)63-2)27-33-14-9-6-10-15-33/h5-10,12-15,17-24,28-29,38-39,42-43H,11,16,25-27,30-31H2,1-4H3,(H,50,52)(H,51,53)(H,54,60)(H,55,61)/t38-,39-,42-,43-/m0/s1. The minimum atomic E-state index is -1.81. The number of hydrogen-bond donors (Lipinski definition) is 4. The summed E-state index contributed by atoms with van der Waals surface area (Å²) in [7, 11) is 0.787. The van der Waals surface area contributed by atoms with Gasteiger partial charge in [0.15, 0.2) is 0 Å². The summed E-state index contributed by atoms with van der Waals surface area (Å²) in [5.41, 5.74) is 7.62. The topological polar surface area (TPSA) is 175 Å². The Morgan fingerprint density at radius 3 is 1.55 bits per heavy atom. The number of likely N-dealkylation sites (tertiary alicyclic amines) is 1. The molecule has 14 nitrogen and oxygen atoms in total. The predicted molar refractivity (Wildman–Crippen MR) is 246 cm³/mol. The lowest BCUT2D eigenvalue weighted by molar-refractivity contribution is -0.135. The fourth-order valence-electron chi connectivity index (χ4n) is 8.95. The Morgan fingerprint density at radius 1 is 0.641 bits per heavy atom. The summed E-state index contributed by atoms with van der Waals surface area (Å²) in [6.45, 7) is 5.12. The highest BCUT2D eigenvalue weighted by molar-refractivity contribution is 6.78. The number of alkyl carbamates (subject to hydrolysis) is 2. The highest BCUT2D eigenvalue weighted by Gasteiger charge is 2.45. The lowest BCUT2D eigenvalue weighted by Crippen LogP contribution is -2.50. The van der Waals surface area contributed by atoms with Crippen LogP contribution in [0.3, 0.4) is 0 Å². The average molecular weight is 879 g/mol. The summed E-state index contributed by atoms with van der Waals surface area (Å²) in [5, 5.41) is 5.53. The molecule has 0 bridgehead atoms. The van der Waals surface area contributed by atoms with Crippen LogP contribution in [0.1, 0.15) is 47.7 Å². The third-order valence-electron chi connectivity index (χ3n) is 12.2. The van der Waals surface area contributed by atoms with Gasteiger partial charge in [-0.2, -0.15) is 0 Å². The molecule has 0 spiro atoms. The molecule has 15 heteroatoms. The molecule has 8 rings (SSSR count). The largest absolute Gasteiger partial charge is 0.453 e. The third kappa shape index (κ3) is 9.94. The molecule has 0 radical (unpaired) electrons. The number of amides is 4. The number of hydrogen-bond acceptors (Lipinski definition) is 8. The Balaban J connectivity index is 0.931. The fraction of sp³-hybridized carbons (Fsp3) is 0.306. The van der Waals surface area contributed by atoms with Crippen molar-refractivity contribution in [3.63, 3.8) is 0 Å². The number of H-pyrrole nitrogens is 2. The number of rotatable bonds is 13. The summed E-state index contributed by atoms with van der Waals surface area (Å²) in [4.78, 5) is 73.0. The SMILES string of the molecule is COC(=O)N[C@@H](Cc1ccccc1)C(=O)N1CCC[C@H]1c1ncc(-c2ccc(-c3ccc(-c4cnc([C@@H]5C[Si](C)(C)CN5C(=O)[C@H](Cc5ccccc5)NC(=O)OC)[nH]4)cc3)cc2)[nH]1. The number of aromatic amines is 2. The maximum atomic E-state index is 14.2. The van der Waals surface area contributed by atoms with Crippen LogP contribution in [0.2, 0.25) is 19.1 Å². The first kappa shape index (κ1) is 43.6. The van der Waals surface area contributed by atoms with E-state index in [0.29, 0.717) is 31.4 Å². The molecular weight excluding hydrogens is 825 g/mol. The number of methoxy groups -OCH3 is 2. The second-order valence-corrected chi connectivity index (χ2v) is 22.4. The number of carbonyl (C=O) groups is 4. The maximum Gasteiger partial charge on any atom is 0.407 e. The van der Waals surface area contributed by atoms with Gasteiger partial charge in [0.25, 0.3) is 0 Å². The van der Waals surface area contributed by atoms with Gasteiger partial charge >= 0.3 is 12.2 Å². The molecule has 330 valence electrons. The Labute approximate surface area is 373 Å². The van der Waals surface area contributed by atoms with Crippen molar-refractivity contribution < 1.29 is 28.7 Å². The number of ether oxygens (including phenoxy) is 2. The minimum Gasteiger partial charge on any atom is -0.453 e. The average Bonchev–Trinajstić information content (AvgIpc) is 4.16. The number of nitrogens with one attached hydrogen (secondary N) is 4. The van der Waals surface area contributed by atoms with Crippen LogP contribution in [-0.4, -0.2) is 101 Å². The quantitative estimate of drug-likeness (QED) is 0.0849. The molecule has 4 aromatic carbocycles. The summed E-state index contributed by atoms with van der Waals surface area (Å²) >= 11 is 0. The minimum absolute atomic E-state index is 0.148. The van der Waals surface area contributed by atoms with E-state index in [0.717, 1.165) is 69.5 Å². The van der Waals surface area contributed by atoms with Gasteiger partial charge in [-0.15, -0.1) is 0 Å². The zero-order valence-electron chi connectivity index (χ0n) is 36.5. The lowest BCUT2D eigenvalue weighted by atomic mass is 10.0. The van der Waals surface area contributed by atoms with Crippen LogP contribution in [0.15, 0.2) is 122 Å². The first-order chi connectivity index (χ1) is 31.0. The summed E-state index contributed by atoms with van der Waals surface area (Å²) < 4.78 is 9.75. The van der Waals surface area contributed by atoms with Crippen LogP contribution in [0.25, 0.3) is 33.6 Å². The molecule has 6 aromatic rings. The summed E-state index contributed by atoms with van der Waals surface area (Å²) in [6, 6.07) is 34.6. The van der Waals surface area contributed by atoms with Crippen LogP contribution >= 0.6 is 0 Å². The van der Waals surface area contributed by atoms with Crippen molar-refractivity contribution in [1.29, 1.82) is 0 Å². The molecule has 4 amide bonds. The van der Waals surface area contributed by atoms with E-state index in [-0.39, 0.29) is 23.9 Å². The van der Waals surface area contributed by atoms with Gasteiger partial charge in [0.05, 0.1) is 58.2 Å². The van der Waals surface area contributed by atoms with Crippen molar-refractivity contribution in [3.05, 3.63) is 144 Å². The van der Waals surface area contributed by atoms with Crippen molar-refractivity contribution in [2.45, 2.75) is 69.0 Å². The van der Waals surface area contributed by atoms with E-state index < -0.39 is 32.3 Å². The molecule has 4 heterocycles. The zero-order chi connectivity index (χ0) is 44.8. The molecule has 0 saturated carbocycles. The van der Waals surface area contributed by atoms with Crippen LogP contribution in [0, 0.1) is 0 Å². The first-order valence-electron chi connectivity index (χ1n) is 21.7. The van der Waals surface area contributed by atoms with Crippen molar-refractivity contribution in [1.82, 2.24) is 40.4 Å². The number of nitrogens with zero attached hydrogens (tertiary/aromatic N) is 4. The van der Waals surface area contributed by atoms with E-state index in [2.05, 4.69) is 82.2 Å². The molecule has 0 aliphatic carbocycles. The maximum absolute atomic E-state index is 14.2. The number of aromatic nitrogens is 4. The van der Waals surface area contributed by atoms with E-state index in [4.69, 9.17) is 19.4 Å². The van der Waals surface area contributed by atoms with Crippen molar-refractivity contribution in [3.8, 4) is 33.6 Å². The monoisotopic (exact) mass is 878 g/mol. The van der Waals surface area contributed by atoms with E-state index in [1.807, 2.05) is 76.7 Å². The molecular formula is C49H54N8O6Si. The molecule has 4 N–H and O–H groups in total. The van der Waals surface area contributed by atoms with Crippen LogP contribution < -0.4 is 10.6 Å². The zero-order valence-corrected chi connectivity index (χ0v) is 37.5. The van der Waals surface area contributed by atoms with Gasteiger partial charge in [-0.3, -0.25) is 9.59 Å². The number of benzene rings is 4. The normalized spacial score (nSPS) is 17.7. The smallest absolute Gasteiger partial charge is 0.407 e. The van der Waals surface area contributed by atoms with Crippen molar-refractivity contribution in [2.24, 2.45) is 0 Å². The highest BCUT2D eigenvalue weighted by atomic mass is 28.3. The summed E-state index contributed by atoms with van der Waals surface area (Å²) in [5.74, 6) is 1.12. The Kier molecular flexibility index (Phi) is 13.1. The van der Waals surface area contributed by atoms with Gasteiger partial charge in [0, 0.05) is 25.6 Å². The Hall–Kier alpha value is -7.00. The summed E-state index contributed by atoms with van der Waals surface area (Å²) in [6.07, 6.45) is 5.27. The van der Waals surface area contributed by atoms with Crippen LogP contribution in [-0.2, 0) is 31.9 Å². The number of carbonyl (C=O) groups excluding carboxylic acids is 4. The second kappa shape index (κ2) is 19.2. The van der Waals surface area contributed by atoms with E-state index in [1.165, 1.54) is 14.2 Å². The molecule has 2 saturated heterocycles. The van der Waals surface area contributed by atoms with Gasteiger partial charge in [-0.25, -0.2) is 19.6 Å².